The van der Waals surface area contributed by atoms with E-state index in [4.69, 9.17) is 4.52 Å². The van der Waals surface area contributed by atoms with Crippen LogP contribution in [-0.4, -0.2) is 25.6 Å². The number of amides is 1. The molecule has 7 nitrogen and oxygen atoms in total. The molecule has 1 fully saturated rings. The monoisotopic (exact) mass is 365 g/mol. The molecule has 27 heavy (non-hydrogen) atoms. The van der Waals surface area contributed by atoms with Gasteiger partial charge in [-0.05, 0) is 30.4 Å². The topological polar surface area (TPSA) is 85.8 Å². The molecule has 0 saturated heterocycles. The lowest BCUT2D eigenvalue weighted by Crippen LogP contribution is -2.31. The molecule has 2 aromatic heterocycles. The molecule has 4 rings (SSSR count). The normalized spacial score (nSPS) is 15.7. The third kappa shape index (κ3) is 4.07. The highest BCUT2D eigenvalue weighted by Crippen LogP contribution is 2.35. The number of benzene rings is 1. The van der Waals surface area contributed by atoms with Crippen LogP contribution in [0.2, 0.25) is 0 Å². The molecular formula is C20H23N5O2. The zero-order valence-corrected chi connectivity index (χ0v) is 15.3. The summed E-state index contributed by atoms with van der Waals surface area (Å²) in [5, 5.41) is 7.17. The Kier molecular flexibility index (Phi) is 5.00. The average Bonchev–Trinajstić information content (AvgIpc) is 3.41. The number of hydrogen-bond donors (Lipinski definition) is 1. The van der Waals surface area contributed by atoms with Crippen LogP contribution < -0.4 is 5.32 Å². The summed E-state index contributed by atoms with van der Waals surface area (Å²) in [5.74, 6) is 1.32. The van der Waals surface area contributed by atoms with Gasteiger partial charge in [0.25, 0.3) is 0 Å². The molecule has 0 aliphatic heterocycles. The molecular weight excluding hydrogens is 342 g/mol. The fourth-order valence-corrected chi connectivity index (χ4v) is 3.77. The van der Waals surface area contributed by atoms with Crippen LogP contribution in [-0.2, 0) is 11.3 Å². The second-order valence-electron chi connectivity index (χ2n) is 7.11. The summed E-state index contributed by atoms with van der Waals surface area (Å²) in [6.07, 6.45) is 9.99. The second kappa shape index (κ2) is 7.73. The molecule has 1 aliphatic rings. The molecule has 1 unspecified atom stereocenters. The van der Waals surface area contributed by atoms with Crippen LogP contribution in [0.4, 0.5) is 0 Å². The van der Waals surface area contributed by atoms with Crippen LogP contribution in [0.3, 0.4) is 0 Å². The largest absolute Gasteiger partial charge is 0.344 e. The van der Waals surface area contributed by atoms with E-state index in [1.54, 1.807) is 12.5 Å². The van der Waals surface area contributed by atoms with Crippen molar-refractivity contribution in [3.05, 3.63) is 54.4 Å². The summed E-state index contributed by atoms with van der Waals surface area (Å²) in [6.45, 7) is 2.26. The number of carbonyl (C=O) groups excluding carboxylic acids is 1. The lowest BCUT2D eigenvalue weighted by Gasteiger charge is -2.20. The lowest BCUT2D eigenvalue weighted by molar-refractivity contribution is -0.120. The van der Waals surface area contributed by atoms with Crippen LogP contribution in [0.1, 0.15) is 50.1 Å². The van der Waals surface area contributed by atoms with Crippen molar-refractivity contribution in [2.75, 3.05) is 0 Å². The van der Waals surface area contributed by atoms with Crippen molar-refractivity contribution in [1.82, 2.24) is 25.0 Å². The Morgan fingerprint density at radius 3 is 2.96 bits per heavy atom. The highest BCUT2D eigenvalue weighted by molar-refractivity contribution is 5.73. The Labute approximate surface area is 157 Å². The quantitative estimate of drug-likeness (QED) is 0.724. The summed E-state index contributed by atoms with van der Waals surface area (Å²) in [4.78, 5) is 20.3. The second-order valence-corrected chi connectivity index (χ2v) is 7.11. The van der Waals surface area contributed by atoms with Gasteiger partial charge >= 0.3 is 0 Å². The van der Waals surface area contributed by atoms with Gasteiger partial charge in [0.05, 0.1) is 6.33 Å². The van der Waals surface area contributed by atoms with E-state index in [0.717, 1.165) is 30.5 Å². The van der Waals surface area contributed by atoms with Crippen LogP contribution in [0, 0.1) is 5.92 Å². The number of rotatable bonds is 6. The number of carbonyl (C=O) groups is 1. The first kappa shape index (κ1) is 17.5. The molecule has 1 aromatic carbocycles. The molecule has 3 aromatic rings. The molecule has 7 heteroatoms. The molecule has 2 heterocycles. The number of imidazole rings is 1. The van der Waals surface area contributed by atoms with Gasteiger partial charge in [-0.1, -0.05) is 36.2 Å². The lowest BCUT2D eigenvalue weighted by atomic mass is 9.98. The van der Waals surface area contributed by atoms with Crippen molar-refractivity contribution in [2.45, 2.75) is 45.2 Å². The fourth-order valence-electron chi connectivity index (χ4n) is 3.77. The van der Waals surface area contributed by atoms with Gasteiger partial charge in [0.1, 0.15) is 6.04 Å². The van der Waals surface area contributed by atoms with E-state index in [9.17, 15) is 4.79 Å². The van der Waals surface area contributed by atoms with Gasteiger partial charge in [0.2, 0.25) is 17.6 Å². The smallest absolute Gasteiger partial charge is 0.249 e. The van der Waals surface area contributed by atoms with Gasteiger partial charge in [-0.15, -0.1) is 0 Å². The van der Waals surface area contributed by atoms with Crippen LogP contribution >= 0.6 is 0 Å². The molecule has 1 N–H and O–H groups in total. The summed E-state index contributed by atoms with van der Waals surface area (Å²) < 4.78 is 7.56. The van der Waals surface area contributed by atoms with Crippen molar-refractivity contribution in [3.63, 3.8) is 0 Å². The summed E-state index contributed by atoms with van der Waals surface area (Å²) in [7, 11) is 0. The molecule has 0 bridgehead atoms. The first-order valence-corrected chi connectivity index (χ1v) is 9.35. The van der Waals surface area contributed by atoms with Gasteiger partial charge < -0.3 is 14.4 Å². The van der Waals surface area contributed by atoms with Crippen molar-refractivity contribution in [1.29, 1.82) is 0 Å². The Bertz CT molecular complexity index is 897. The first-order valence-electron chi connectivity index (χ1n) is 9.35. The highest BCUT2D eigenvalue weighted by Gasteiger charge is 2.31. The zero-order chi connectivity index (χ0) is 18.6. The fraction of sp³-hybridized carbons (Fsp3) is 0.400. The van der Waals surface area contributed by atoms with Gasteiger partial charge in [-0.25, -0.2) is 4.98 Å². The molecule has 140 valence electrons. The van der Waals surface area contributed by atoms with Crippen molar-refractivity contribution < 1.29 is 9.32 Å². The average molecular weight is 365 g/mol. The Morgan fingerprint density at radius 1 is 1.37 bits per heavy atom. The van der Waals surface area contributed by atoms with Crippen molar-refractivity contribution in [3.8, 4) is 11.4 Å². The van der Waals surface area contributed by atoms with Gasteiger partial charge in [-0.3, -0.25) is 4.79 Å². The standard InChI is InChI=1S/C20H23N5O2/c1-14(26)22-18(16-6-2-3-7-16)20-23-19(24-27-20)17-8-4-5-15(11-17)12-25-10-9-21-13-25/h4-5,8-11,13,16,18H,2-3,6-7,12H2,1H3,(H,22,26). The van der Waals surface area contributed by atoms with E-state index < -0.39 is 0 Å². The maximum Gasteiger partial charge on any atom is 0.249 e. The summed E-state index contributed by atoms with van der Waals surface area (Å²) in [6, 6.07) is 7.86. The predicted octanol–water partition coefficient (Wildman–Crippen LogP) is 3.35. The summed E-state index contributed by atoms with van der Waals surface area (Å²) in [5.41, 5.74) is 2.03. The Morgan fingerprint density at radius 2 is 2.22 bits per heavy atom. The number of nitrogens with zero attached hydrogens (tertiary/aromatic N) is 4. The minimum Gasteiger partial charge on any atom is -0.344 e. The Balaban J connectivity index is 1.56. The van der Waals surface area contributed by atoms with Crippen LogP contribution in [0.25, 0.3) is 11.4 Å². The molecule has 1 amide bonds. The van der Waals surface area contributed by atoms with E-state index in [0.29, 0.717) is 17.6 Å². The SMILES string of the molecule is CC(=O)NC(c1nc(-c2cccc(Cn3ccnc3)c2)no1)C1CCCC1. The van der Waals surface area contributed by atoms with Crippen molar-refractivity contribution >= 4 is 5.91 Å². The maximum absolute atomic E-state index is 11.6. The van der Waals surface area contributed by atoms with E-state index in [1.165, 1.54) is 19.8 Å². The van der Waals surface area contributed by atoms with E-state index in [1.807, 2.05) is 22.9 Å². The van der Waals surface area contributed by atoms with Crippen LogP contribution in [0.5, 0.6) is 0 Å². The van der Waals surface area contributed by atoms with E-state index in [-0.39, 0.29) is 11.9 Å². The summed E-state index contributed by atoms with van der Waals surface area (Å²) >= 11 is 0. The van der Waals surface area contributed by atoms with Crippen LogP contribution in [0.15, 0.2) is 47.5 Å². The van der Waals surface area contributed by atoms with E-state index in [2.05, 4.69) is 32.6 Å². The number of aromatic nitrogens is 4. The van der Waals surface area contributed by atoms with Gasteiger partial charge in [0.15, 0.2) is 0 Å². The number of nitrogens with one attached hydrogen (secondary N) is 1. The Hall–Kier alpha value is -2.96. The maximum atomic E-state index is 11.6. The minimum absolute atomic E-state index is 0.0750. The van der Waals surface area contributed by atoms with Gasteiger partial charge in [-0.2, -0.15) is 4.98 Å². The molecule has 1 saturated carbocycles. The van der Waals surface area contributed by atoms with E-state index >= 15 is 0 Å². The zero-order valence-electron chi connectivity index (χ0n) is 15.3. The van der Waals surface area contributed by atoms with Gasteiger partial charge in [0, 0.05) is 31.4 Å². The third-order valence-electron chi connectivity index (χ3n) is 5.05. The molecule has 0 spiro atoms. The predicted molar refractivity (Wildman–Crippen MR) is 99.6 cm³/mol. The highest BCUT2D eigenvalue weighted by atomic mass is 16.5. The molecule has 1 aliphatic carbocycles. The van der Waals surface area contributed by atoms with Crippen molar-refractivity contribution in [2.24, 2.45) is 5.92 Å². The first-order chi connectivity index (χ1) is 13.2. The number of hydrogen-bond acceptors (Lipinski definition) is 5. The molecule has 0 radical (unpaired) electrons. The minimum atomic E-state index is -0.208. The molecule has 1 atom stereocenters. The third-order valence-corrected chi connectivity index (χ3v) is 5.05.